The lowest BCUT2D eigenvalue weighted by Crippen LogP contribution is -2.12. The summed E-state index contributed by atoms with van der Waals surface area (Å²) in [7, 11) is 0. The zero-order valence-electron chi connectivity index (χ0n) is 11.7. The number of aryl methyl sites for hydroxylation is 2. The molecule has 2 heteroatoms. The molecule has 1 aromatic carbocycles. The van der Waals surface area contributed by atoms with E-state index in [1.165, 1.54) is 16.5 Å². The second-order valence-electron chi connectivity index (χ2n) is 4.68. The molecule has 0 amide bonds. The maximum atomic E-state index is 6.11. The molecule has 0 atom stereocenters. The summed E-state index contributed by atoms with van der Waals surface area (Å²) in [6, 6.07) is 6.50. The van der Waals surface area contributed by atoms with Crippen molar-refractivity contribution >= 4 is 11.0 Å². The van der Waals surface area contributed by atoms with Gasteiger partial charge in [0, 0.05) is 10.9 Å². The normalized spacial score (nSPS) is 11.3. The van der Waals surface area contributed by atoms with E-state index in [1.807, 2.05) is 0 Å². The third-order valence-electron chi connectivity index (χ3n) is 3.40. The van der Waals surface area contributed by atoms with Gasteiger partial charge in [0.15, 0.2) is 0 Å². The van der Waals surface area contributed by atoms with Crippen LogP contribution in [0.2, 0.25) is 0 Å². The molecule has 0 spiro atoms. The van der Waals surface area contributed by atoms with Gasteiger partial charge >= 0.3 is 0 Å². The van der Waals surface area contributed by atoms with E-state index < -0.39 is 0 Å². The fraction of sp³-hybridized carbons (Fsp3) is 0.500. The molecule has 18 heavy (non-hydrogen) atoms. The summed E-state index contributed by atoms with van der Waals surface area (Å²) in [5.41, 5.74) is 3.80. The van der Waals surface area contributed by atoms with Crippen molar-refractivity contribution in [1.29, 1.82) is 0 Å². The number of rotatable bonds is 6. The minimum atomic E-state index is 0.837. The number of fused-ring (bicyclic) bond motifs is 1. The molecular weight excluding hydrogens is 222 g/mol. The number of hydrogen-bond acceptors (Lipinski definition) is 2. The van der Waals surface area contributed by atoms with Crippen molar-refractivity contribution in [3.05, 3.63) is 35.1 Å². The molecular formula is C16H23NO. The second kappa shape index (κ2) is 6.05. The van der Waals surface area contributed by atoms with Gasteiger partial charge in [0.05, 0.1) is 6.54 Å². The first-order valence-electron chi connectivity index (χ1n) is 7.04. The van der Waals surface area contributed by atoms with Crippen molar-refractivity contribution in [2.75, 3.05) is 6.54 Å². The average Bonchev–Trinajstić information content (AvgIpc) is 2.75. The summed E-state index contributed by atoms with van der Waals surface area (Å²) in [6.45, 7) is 8.34. The molecule has 0 saturated carbocycles. The Labute approximate surface area is 109 Å². The summed E-state index contributed by atoms with van der Waals surface area (Å²) in [5, 5.41) is 4.68. The molecule has 1 aromatic heterocycles. The van der Waals surface area contributed by atoms with Gasteiger partial charge in [0.1, 0.15) is 11.3 Å². The van der Waals surface area contributed by atoms with Crippen molar-refractivity contribution in [3.63, 3.8) is 0 Å². The molecule has 0 fully saturated rings. The average molecular weight is 245 g/mol. The third-order valence-corrected chi connectivity index (χ3v) is 3.40. The maximum absolute atomic E-state index is 6.11. The van der Waals surface area contributed by atoms with E-state index >= 15 is 0 Å². The number of para-hydroxylation sites is 1. The van der Waals surface area contributed by atoms with Gasteiger partial charge in [-0.2, -0.15) is 0 Å². The highest BCUT2D eigenvalue weighted by Crippen LogP contribution is 2.30. The van der Waals surface area contributed by atoms with Crippen LogP contribution in [0.15, 0.2) is 22.6 Å². The standard InChI is InChI=1S/C16H23NO/c1-4-8-13-14-10-7-9-12(5-2)16(14)18-15(13)11-17-6-3/h7,9-10,17H,4-6,8,11H2,1-3H3. The Morgan fingerprint density at radius 2 is 2.00 bits per heavy atom. The van der Waals surface area contributed by atoms with Crippen molar-refractivity contribution in [3.8, 4) is 0 Å². The van der Waals surface area contributed by atoms with Gasteiger partial charge in [-0.3, -0.25) is 0 Å². The van der Waals surface area contributed by atoms with E-state index in [4.69, 9.17) is 4.42 Å². The Morgan fingerprint density at radius 1 is 1.17 bits per heavy atom. The van der Waals surface area contributed by atoms with Crippen LogP contribution in [-0.4, -0.2) is 6.54 Å². The van der Waals surface area contributed by atoms with Crippen LogP contribution < -0.4 is 5.32 Å². The molecule has 0 aliphatic rings. The lowest BCUT2D eigenvalue weighted by molar-refractivity contribution is 0.511. The molecule has 0 aliphatic heterocycles. The predicted molar refractivity (Wildman–Crippen MR) is 77.0 cm³/mol. The second-order valence-corrected chi connectivity index (χ2v) is 4.68. The first kappa shape index (κ1) is 13.2. The van der Waals surface area contributed by atoms with E-state index in [2.05, 4.69) is 44.3 Å². The largest absolute Gasteiger partial charge is 0.459 e. The number of furan rings is 1. The van der Waals surface area contributed by atoms with Gasteiger partial charge < -0.3 is 9.73 Å². The van der Waals surface area contributed by atoms with Crippen LogP contribution in [0, 0.1) is 0 Å². The fourth-order valence-corrected chi connectivity index (χ4v) is 2.46. The van der Waals surface area contributed by atoms with Crippen LogP contribution in [0.3, 0.4) is 0 Å². The van der Waals surface area contributed by atoms with Crippen LogP contribution in [0.25, 0.3) is 11.0 Å². The number of benzene rings is 1. The van der Waals surface area contributed by atoms with Crippen molar-refractivity contribution in [2.24, 2.45) is 0 Å². The molecule has 98 valence electrons. The highest BCUT2D eigenvalue weighted by Gasteiger charge is 2.14. The monoisotopic (exact) mass is 245 g/mol. The van der Waals surface area contributed by atoms with Crippen LogP contribution in [0.4, 0.5) is 0 Å². The van der Waals surface area contributed by atoms with E-state index in [9.17, 15) is 0 Å². The quantitative estimate of drug-likeness (QED) is 0.830. The van der Waals surface area contributed by atoms with Crippen LogP contribution in [-0.2, 0) is 19.4 Å². The Bertz CT molecular complexity index is 513. The van der Waals surface area contributed by atoms with E-state index in [0.717, 1.165) is 43.7 Å². The lowest BCUT2D eigenvalue weighted by Gasteiger charge is -2.01. The highest BCUT2D eigenvalue weighted by molar-refractivity contribution is 5.85. The molecule has 2 nitrogen and oxygen atoms in total. The fourth-order valence-electron chi connectivity index (χ4n) is 2.46. The molecule has 2 rings (SSSR count). The molecule has 0 radical (unpaired) electrons. The van der Waals surface area contributed by atoms with Gasteiger partial charge in [0.25, 0.3) is 0 Å². The van der Waals surface area contributed by atoms with Crippen molar-refractivity contribution in [2.45, 2.75) is 46.6 Å². The minimum Gasteiger partial charge on any atom is -0.459 e. The summed E-state index contributed by atoms with van der Waals surface area (Å²) in [5.74, 6) is 1.12. The first-order valence-corrected chi connectivity index (χ1v) is 7.04. The number of hydrogen-bond donors (Lipinski definition) is 1. The smallest absolute Gasteiger partial charge is 0.137 e. The Kier molecular flexibility index (Phi) is 4.43. The predicted octanol–water partition coefficient (Wildman–Crippen LogP) is 4.06. The van der Waals surface area contributed by atoms with Crippen molar-refractivity contribution in [1.82, 2.24) is 5.32 Å². The molecule has 1 N–H and O–H groups in total. The lowest BCUT2D eigenvalue weighted by atomic mass is 10.0. The van der Waals surface area contributed by atoms with E-state index in [0.29, 0.717) is 0 Å². The van der Waals surface area contributed by atoms with Crippen molar-refractivity contribution < 1.29 is 4.42 Å². The Hall–Kier alpha value is -1.28. The molecule has 0 unspecified atom stereocenters. The van der Waals surface area contributed by atoms with Gasteiger partial charge in [-0.05, 0) is 24.9 Å². The van der Waals surface area contributed by atoms with Crippen LogP contribution >= 0.6 is 0 Å². The molecule has 0 saturated heterocycles. The van der Waals surface area contributed by atoms with Gasteiger partial charge in [-0.25, -0.2) is 0 Å². The SMILES string of the molecule is CCCc1c(CNCC)oc2c(CC)cccc12. The maximum Gasteiger partial charge on any atom is 0.137 e. The molecule has 1 heterocycles. The summed E-state index contributed by atoms with van der Waals surface area (Å²) >= 11 is 0. The zero-order valence-corrected chi connectivity index (χ0v) is 11.7. The van der Waals surface area contributed by atoms with E-state index in [-0.39, 0.29) is 0 Å². The first-order chi connectivity index (χ1) is 8.81. The Balaban J connectivity index is 2.51. The molecule has 0 aliphatic carbocycles. The van der Waals surface area contributed by atoms with Gasteiger partial charge in [0.2, 0.25) is 0 Å². The minimum absolute atomic E-state index is 0.837. The van der Waals surface area contributed by atoms with Crippen LogP contribution in [0.1, 0.15) is 44.1 Å². The Morgan fingerprint density at radius 3 is 2.67 bits per heavy atom. The summed E-state index contributed by atoms with van der Waals surface area (Å²) in [4.78, 5) is 0. The zero-order chi connectivity index (χ0) is 13.0. The van der Waals surface area contributed by atoms with Gasteiger partial charge in [-0.15, -0.1) is 0 Å². The van der Waals surface area contributed by atoms with Crippen LogP contribution in [0.5, 0.6) is 0 Å². The molecule has 2 aromatic rings. The van der Waals surface area contributed by atoms with E-state index in [1.54, 1.807) is 0 Å². The van der Waals surface area contributed by atoms with Gasteiger partial charge in [-0.1, -0.05) is 45.4 Å². The summed E-state index contributed by atoms with van der Waals surface area (Å²) < 4.78 is 6.11. The third kappa shape index (κ3) is 2.44. The number of nitrogens with one attached hydrogen (secondary N) is 1. The molecule has 0 bridgehead atoms. The topological polar surface area (TPSA) is 25.2 Å². The summed E-state index contributed by atoms with van der Waals surface area (Å²) in [6.07, 6.45) is 3.28. The highest BCUT2D eigenvalue weighted by atomic mass is 16.3.